The average Bonchev–Trinajstić information content (AvgIpc) is 2.85. The summed E-state index contributed by atoms with van der Waals surface area (Å²) in [6.45, 7) is 0.968. The van der Waals surface area contributed by atoms with Crippen LogP contribution < -0.4 is 10.6 Å². The SMILES string of the molecule is NC(=O)N1CCC2(CC1)c1ccccc1CC(=O)N2c1ccc(C(=O)c2ccccc2)cc1. The number of nitrogens with zero attached hydrogens (tertiary/aromatic N) is 2. The molecule has 2 heterocycles. The molecule has 0 unspecified atom stereocenters. The monoisotopic (exact) mass is 439 g/mol. The smallest absolute Gasteiger partial charge is 0.314 e. The second kappa shape index (κ2) is 8.20. The van der Waals surface area contributed by atoms with Gasteiger partial charge < -0.3 is 15.5 Å². The molecule has 1 spiro atoms. The lowest BCUT2D eigenvalue weighted by atomic mass is 9.73. The number of hydrogen-bond donors (Lipinski definition) is 1. The van der Waals surface area contributed by atoms with Gasteiger partial charge in [-0.05, 0) is 48.2 Å². The molecule has 2 aliphatic rings. The number of nitrogens with two attached hydrogens (primary N) is 1. The van der Waals surface area contributed by atoms with E-state index in [-0.39, 0.29) is 11.7 Å². The third-order valence-corrected chi connectivity index (χ3v) is 6.86. The Kier molecular flexibility index (Phi) is 5.21. The normalized spacial score (nSPS) is 17.0. The van der Waals surface area contributed by atoms with E-state index in [0.717, 1.165) is 16.8 Å². The molecule has 1 saturated heterocycles. The number of rotatable bonds is 3. The van der Waals surface area contributed by atoms with Crippen molar-refractivity contribution in [3.63, 3.8) is 0 Å². The van der Waals surface area contributed by atoms with Gasteiger partial charge in [0.25, 0.3) is 0 Å². The summed E-state index contributed by atoms with van der Waals surface area (Å²) >= 11 is 0. The van der Waals surface area contributed by atoms with Crippen LogP contribution in [0.15, 0.2) is 78.9 Å². The number of primary amides is 1. The number of carbonyl (C=O) groups is 3. The van der Waals surface area contributed by atoms with Crippen molar-refractivity contribution >= 4 is 23.4 Å². The molecule has 3 aromatic rings. The van der Waals surface area contributed by atoms with Crippen molar-refractivity contribution in [2.45, 2.75) is 24.8 Å². The van der Waals surface area contributed by atoms with Crippen molar-refractivity contribution in [2.75, 3.05) is 18.0 Å². The number of hydrogen-bond acceptors (Lipinski definition) is 3. The molecule has 33 heavy (non-hydrogen) atoms. The van der Waals surface area contributed by atoms with Crippen LogP contribution >= 0.6 is 0 Å². The van der Waals surface area contributed by atoms with Crippen LogP contribution in [-0.2, 0) is 16.8 Å². The van der Waals surface area contributed by atoms with E-state index >= 15 is 0 Å². The predicted molar refractivity (Wildman–Crippen MR) is 126 cm³/mol. The van der Waals surface area contributed by atoms with Crippen LogP contribution in [0.25, 0.3) is 0 Å². The van der Waals surface area contributed by atoms with E-state index in [0.29, 0.717) is 43.5 Å². The van der Waals surface area contributed by atoms with Gasteiger partial charge in [-0.25, -0.2) is 4.79 Å². The summed E-state index contributed by atoms with van der Waals surface area (Å²) in [5, 5.41) is 0. The van der Waals surface area contributed by atoms with Crippen molar-refractivity contribution in [1.29, 1.82) is 0 Å². The molecule has 2 aliphatic heterocycles. The third kappa shape index (κ3) is 3.57. The highest BCUT2D eigenvalue weighted by molar-refractivity contribution is 6.09. The van der Waals surface area contributed by atoms with E-state index < -0.39 is 11.6 Å². The molecular formula is C27H25N3O3. The number of urea groups is 1. The molecule has 0 aliphatic carbocycles. The summed E-state index contributed by atoms with van der Waals surface area (Å²) in [7, 11) is 0. The molecule has 2 N–H and O–H groups in total. The van der Waals surface area contributed by atoms with Gasteiger partial charge in [-0.2, -0.15) is 0 Å². The minimum atomic E-state index is -0.553. The minimum Gasteiger partial charge on any atom is -0.351 e. The van der Waals surface area contributed by atoms with Gasteiger partial charge in [0.2, 0.25) is 5.91 Å². The zero-order valence-electron chi connectivity index (χ0n) is 18.2. The van der Waals surface area contributed by atoms with Crippen molar-refractivity contribution in [1.82, 2.24) is 4.90 Å². The molecule has 0 bridgehead atoms. The van der Waals surface area contributed by atoms with E-state index in [2.05, 4.69) is 6.07 Å². The summed E-state index contributed by atoms with van der Waals surface area (Å²) in [5.74, 6) is -0.0368. The number of carbonyl (C=O) groups excluding carboxylic acids is 3. The van der Waals surface area contributed by atoms with Crippen LogP contribution in [0.1, 0.15) is 39.9 Å². The third-order valence-electron chi connectivity index (χ3n) is 6.86. The summed E-state index contributed by atoms with van der Waals surface area (Å²) in [5.41, 5.74) is 9.08. The second-order valence-corrected chi connectivity index (χ2v) is 8.66. The Morgan fingerprint density at radius 2 is 1.39 bits per heavy atom. The molecule has 6 heteroatoms. The van der Waals surface area contributed by atoms with Gasteiger partial charge in [0.05, 0.1) is 12.0 Å². The highest BCUT2D eigenvalue weighted by Gasteiger charge is 2.48. The van der Waals surface area contributed by atoms with Crippen molar-refractivity contribution in [3.8, 4) is 0 Å². The van der Waals surface area contributed by atoms with Gasteiger partial charge >= 0.3 is 6.03 Å². The molecule has 3 aromatic carbocycles. The highest BCUT2D eigenvalue weighted by Crippen LogP contribution is 2.46. The largest absolute Gasteiger partial charge is 0.351 e. The lowest BCUT2D eigenvalue weighted by Gasteiger charge is -2.52. The van der Waals surface area contributed by atoms with E-state index in [9.17, 15) is 14.4 Å². The van der Waals surface area contributed by atoms with E-state index in [4.69, 9.17) is 5.73 Å². The molecule has 1 fully saturated rings. The molecule has 0 aromatic heterocycles. The summed E-state index contributed by atoms with van der Waals surface area (Å²) in [6, 6.07) is 24.0. The van der Waals surface area contributed by atoms with Crippen molar-refractivity contribution in [3.05, 3.63) is 101 Å². The number of benzene rings is 3. The molecule has 5 rings (SSSR count). The molecule has 3 amide bonds. The lowest BCUT2D eigenvalue weighted by molar-refractivity contribution is -0.120. The van der Waals surface area contributed by atoms with Gasteiger partial charge in [0, 0.05) is 29.9 Å². The molecule has 0 radical (unpaired) electrons. The molecule has 6 nitrogen and oxygen atoms in total. The fourth-order valence-corrected chi connectivity index (χ4v) is 5.23. The van der Waals surface area contributed by atoms with E-state index in [1.54, 1.807) is 29.2 Å². The molecular weight excluding hydrogens is 414 g/mol. The van der Waals surface area contributed by atoms with E-state index in [1.165, 1.54) is 0 Å². The molecule has 166 valence electrons. The van der Waals surface area contributed by atoms with Crippen molar-refractivity contribution < 1.29 is 14.4 Å². The Bertz CT molecular complexity index is 1210. The fourth-order valence-electron chi connectivity index (χ4n) is 5.23. The minimum absolute atomic E-state index is 0.0170. The zero-order valence-corrected chi connectivity index (χ0v) is 18.2. The Balaban J connectivity index is 1.53. The molecule has 0 atom stereocenters. The number of ketones is 1. The second-order valence-electron chi connectivity index (χ2n) is 8.66. The maximum atomic E-state index is 13.4. The average molecular weight is 440 g/mol. The highest BCUT2D eigenvalue weighted by atomic mass is 16.2. The molecule has 0 saturated carbocycles. The van der Waals surface area contributed by atoms with Crippen LogP contribution in [0.2, 0.25) is 0 Å². The first kappa shape index (κ1) is 20.9. The number of likely N-dealkylation sites (tertiary alicyclic amines) is 1. The van der Waals surface area contributed by atoms with Gasteiger partial charge in [-0.1, -0.05) is 54.6 Å². The zero-order chi connectivity index (χ0) is 23.0. The number of anilines is 1. The standard InChI is InChI=1S/C27H25N3O3/c28-26(33)29-16-14-27(15-17-29)23-9-5-4-8-21(23)18-24(31)30(27)22-12-10-20(11-13-22)25(32)19-6-2-1-3-7-19/h1-13H,14-18H2,(H2,28,33). The van der Waals surface area contributed by atoms with Gasteiger partial charge in [0.15, 0.2) is 5.78 Å². The van der Waals surface area contributed by atoms with Crippen molar-refractivity contribution in [2.24, 2.45) is 5.73 Å². The maximum absolute atomic E-state index is 13.4. The van der Waals surface area contributed by atoms with Crippen LogP contribution in [0.5, 0.6) is 0 Å². The van der Waals surface area contributed by atoms with Gasteiger partial charge in [0.1, 0.15) is 0 Å². The van der Waals surface area contributed by atoms with Crippen LogP contribution in [0.3, 0.4) is 0 Å². The number of piperidine rings is 1. The van der Waals surface area contributed by atoms with Crippen LogP contribution in [0, 0.1) is 0 Å². The Hall–Kier alpha value is -3.93. The van der Waals surface area contributed by atoms with Gasteiger partial charge in [-0.3, -0.25) is 9.59 Å². The van der Waals surface area contributed by atoms with Crippen LogP contribution in [-0.4, -0.2) is 35.7 Å². The Morgan fingerprint density at radius 1 is 0.788 bits per heavy atom. The first-order valence-corrected chi connectivity index (χ1v) is 11.2. The van der Waals surface area contributed by atoms with Crippen LogP contribution in [0.4, 0.5) is 10.5 Å². The van der Waals surface area contributed by atoms with Gasteiger partial charge in [-0.15, -0.1) is 0 Å². The Labute approximate surface area is 192 Å². The lowest BCUT2D eigenvalue weighted by Crippen LogP contribution is -2.59. The quantitative estimate of drug-likeness (QED) is 0.629. The number of fused-ring (bicyclic) bond motifs is 2. The summed E-state index contributed by atoms with van der Waals surface area (Å²) < 4.78 is 0. The number of amides is 3. The summed E-state index contributed by atoms with van der Waals surface area (Å²) in [6.07, 6.45) is 1.52. The van der Waals surface area contributed by atoms with E-state index in [1.807, 2.05) is 53.4 Å². The maximum Gasteiger partial charge on any atom is 0.314 e. The fraction of sp³-hybridized carbons (Fsp3) is 0.222. The Morgan fingerprint density at radius 3 is 2.06 bits per heavy atom. The first-order valence-electron chi connectivity index (χ1n) is 11.2. The summed E-state index contributed by atoms with van der Waals surface area (Å²) in [4.78, 5) is 41.5. The first-order chi connectivity index (χ1) is 16.0. The topological polar surface area (TPSA) is 83.7 Å². The predicted octanol–water partition coefficient (Wildman–Crippen LogP) is 3.88.